The van der Waals surface area contributed by atoms with E-state index in [0.29, 0.717) is 61.4 Å². The number of nitrogens with zero attached hydrogens (tertiary/aromatic N) is 2. The number of thiophene rings is 1. The van der Waals surface area contributed by atoms with Crippen LogP contribution in [0.4, 0.5) is 0 Å². The molecule has 1 saturated heterocycles. The van der Waals surface area contributed by atoms with Crippen LogP contribution >= 0.6 is 11.3 Å². The Labute approximate surface area is 181 Å². The van der Waals surface area contributed by atoms with Crippen LogP contribution in [0.15, 0.2) is 39.9 Å². The molecule has 7 nitrogen and oxygen atoms in total. The zero-order chi connectivity index (χ0) is 21.1. The Kier molecular flexibility index (Phi) is 6.31. The first-order valence-electron chi connectivity index (χ1n) is 10.2. The third-order valence-electron chi connectivity index (χ3n) is 5.52. The first-order chi connectivity index (χ1) is 14.5. The molecule has 162 valence electrons. The highest BCUT2D eigenvalue weighted by Gasteiger charge is 2.35. The van der Waals surface area contributed by atoms with Crippen LogP contribution < -0.4 is 9.47 Å². The van der Waals surface area contributed by atoms with Crippen molar-refractivity contribution < 1.29 is 22.7 Å². The molecule has 30 heavy (non-hydrogen) atoms. The highest BCUT2D eigenvalue weighted by Crippen LogP contribution is 2.35. The Morgan fingerprint density at radius 3 is 2.83 bits per heavy atom. The number of rotatable bonds is 6. The average Bonchev–Trinajstić information content (AvgIpc) is 3.33. The maximum Gasteiger partial charge on any atom is 0.252 e. The summed E-state index contributed by atoms with van der Waals surface area (Å²) in [5.74, 6) is 1.04. The number of sulfonamides is 1. The van der Waals surface area contributed by atoms with Crippen molar-refractivity contribution in [3.8, 4) is 11.5 Å². The smallest absolute Gasteiger partial charge is 0.252 e. The Hall–Kier alpha value is -2.10. The number of carbonyl (C=O) groups excluding carboxylic acids is 1. The third kappa shape index (κ3) is 4.19. The fourth-order valence-electron chi connectivity index (χ4n) is 3.97. The van der Waals surface area contributed by atoms with Gasteiger partial charge in [-0.25, -0.2) is 8.42 Å². The summed E-state index contributed by atoms with van der Waals surface area (Å²) in [5, 5.41) is 1.75. The third-order valence-corrected chi connectivity index (χ3v) is 8.76. The Bertz CT molecular complexity index is 991. The Morgan fingerprint density at radius 1 is 1.23 bits per heavy atom. The predicted molar refractivity (Wildman–Crippen MR) is 114 cm³/mol. The van der Waals surface area contributed by atoms with Gasteiger partial charge in [0.2, 0.25) is 5.91 Å². The first kappa shape index (κ1) is 21.1. The molecule has 4 rings (SSSR count). The van der Waals surface area contributed by atoms with Crippen molar-refractivity contribution in [2.75, 3.05) is 32.8 Å². The zero-order valence-corrected chi connectivity index (χ0v) is 18.6. The molecule has 1 aromatic heterocycles. The van der Waals surface area contributed by atoms with Gasteiger partial charge >= 0.3 is 0 Å². The molecule has 2 aromatic rings. The van der Waals surface area contributed by atoms with Gasteiger partial charge in [-0.05, 0) is 37.3 Å². The quantitative estimate of drug-likeness (QED) is 0.676. The Balaban J connectivity index is 1.49. The number of piperidine rings is 1. The Morgan fingerprint density at radius 2 is 2.07 bits per heavy atom. The molecule has 0 spiro atoms. The highest BCUT2D eigenvalue weighted by molar-refractivity contribution is 7.91. The van der Waals surface area contributed by atoms with Crippen molar-refractivity contribution in [2.45, 2.75) is 30.5 Å². The van der Waals surface area contributed by atoms with Crippen molar-refractivity contribution in [1.29, 1.82) is 0 Å². The highest BCUT2D eigenvalue weighted by atomic mass is 32.2. The molecule has 0 bridgehead atoms. The summed E-state index contributed by atoms with van der Waals surface area (Å²) in [7, 11) is -3.54. The summed E-state index contributed by atoms with van der Waals surface area (Å²) in [5.41, 5.74) is 0.904. The number of para-hydroxylation sites is 1. The van der Waals surface area contributed by atoms with Gasteiger partial charge in [-0.3, -0.25) is 4.79 Å². The van der Waals surface area contributed by atoms with E-state index in [0.717, 1.165) is 5.56 Å². The molecule has 3 heterocycles. The van der Waals surface area contributed by atoms with Crippen molar-refractivity contribution >= 4 is 27.3 Å². The van der Waals surface area contributed by atoms with Gasteiger partial charge in [0.1, 0.15) is 17.4 Å². The minimum Gasteiger partial charge on any atom is -0.486 e. The van der Waals surface area contributed by atoms with Crippen LogP contribution in [0.2, 0.25) is 0 Å². The van der Waals surface area contributed by atoms with E-state index in [1.165, 1.54) is 15.6 Å². The lowest BCUT2D eigenvalue weighted by atomic mass is 9.97. The molecule has 1 fully saturated rings. The monoisotopic (exact) mass is 450 g/mol. The topological polar surface area (TPSA) is 76.2 Å². The van der Waals surface area contributed by atoms with Crippen LogP contribution in [-0.2, 0) is 21.4 Å². The van der Waals surface area contributed by atoms with E-state index in [1.54, 1.807) is 22.4 Å². The molecule has 1 atom stereocenters. The summed E-state index contributed by atoms with van der Waals surface area (Å²) in [6.07, 6.45) is 1.37. The second-order valence-corrected chi connectivity index (χ2v) is 10.5. The summed E-state index contributed by atoms with van der Waals surface area (Å²) < 4.78 is 39.0. The number of carbonyl (C=O) groups is 1. The van der Waals surface area contributed by atoms with Gasteiger partial charge in [0.05, 0.1) is 5.92 Å². The van der Waals surface area contributed by atoms with Gasteiger partial charge in [0.15, 0.2) is 11.5 Å². The maximum atomic E-state index is 13.3. The molecule has 1 amide bonds. The molecule has 1 unspecified atom stereocenters. The largest absolute Gasteiger partial charge is 0.486 e. The molecular weight excluding hydrogens is 424 g/mol. The normalized spacial score (nSPS) is 19.4. The van der Waals surface area contributed by atoms with E-state index in [1.807, 2.05) is 25.1 Å². The molecule has 0 saturated carbocycles. The molecule has 2 aliphatic heterocycles. The van der Waals surface area contributed by atoms with Gasteiger partial charge in [0.25, 0.3) is 10.0 Å². The van der Waals surface area contributed by atoms with Crippen molar-refractivity contribution in [3.63, 3.8) is 0 Å². The van der Waals surface area contributed by atoms with Crippen LogP contribution in [-0.4, -0.2) is 56.4 Å². The lowest BCUT2D eigenvalue weighted by Gasteiger charge is -2.34. The second kappa shape index (κ2) is 8.95. The van der Waals surface area contributed by atoms with Crippen molar-refractivity contribution in [3.05, 3.63) is 41.3 Å². The fourth-order valence-corrected chi connectivity index (χ4v) is 6.64. The lowest BCUT2D eigenvalue weighted by Crippen LogP contribution is -2.46. The van der Waals surface area contributed by atoms with Crippen LogP contribution in [0.3, 0.4) is 0 Å². The summed E-state index contributed by atoms with van der Waals surface area (Å²) in [6.45, 7) is 4.57. The van der Waals surface area contributed by atoms with E-state index in [-0.39, 0.29) is 18.4 Å². The van der Waals surface area contributed by atoms with E-state index >= 15 is 0 Å². The second-order valence-electron chi connectivity index (χ2n) is 7.43. The van der Waals surface area contributed by atoms with Crippen LogP contribution in [0.5, 0.6) is 11.5 Å². The molecule has 9 heteroatoms. The SMILES string of the molecule is CCN(Cc1cccc2c1OCCO2)C(=O)C1CCCN(S(=O)(=O)c2cccs2)C1. The van der Waals surface area contributed by atoms with Gasteiger partial charge in [-0.1, -0.05) is 18.2 Å². The molecule has 1 aromatic carbocycles. The van der Waals surface area contributed by atoms with E-state index in [2.05, 4.69) is 0 Å². The number of ether oxygens (including phenoxy) is 2. The van der Waals surface area contributed by atoms with Gasteiger partial charge in [-0.2, -0.15) is 4.31 Å². The van der Waals surface area contributed by atoms with E-state index in [9.17, 15) is 13.2 Å². The predicted octanol–water partition coefficient (Wildman–Crippen LogP) is 2.97. The fraction of sp³-hybridized carbons (Fsp3) is 0.476. The summed E-state index contributed by atoms with van der Waals surface area (Å²) in [4.78, 5) is 15.1. The number of hydrogen-bond acceptors (Lipinski definition) is 6. The van der Waals surface area contributed by atoms with Crippen LogP contribution in [0, 0.1) is 5.92 Å². The van der Waals surface area contributed by atoms with E-state index in [4.69, 9.17) is 9.47 Å². The van der Waals surface area contributed by atoms with Gasteiger partial charge in [0, 0.05) is 31.7 Å². The maximum absolute atomic E-state index is 13.3. The molecule has 0 radical (unpaired) electrons. The number of fused-ring (bicyclic) bond motifs is 1. The molecule has 2 aliphatic rings. The van der Waals surface area contributed by atoms with Gasteiger partial charge < -0.3 is 14.4 Å². The summed E-state index contributed by atoms with van der Waals surface area (Å²) in [6, 6.07) is 9.05. The van der Waals surface area contributed by atoms with E-state index < -0.39 is 10.0 Å². The standard InChI is InChI=1S/C21H26N2O5S2/c1-2-22(14-16-6-3-8-18-20(16)28-12-11-27-18)21(24)17-7-4-10-23(15-17)30(25,26)19-9-5-13-29-19/h3,5-6,8-9,13,17H,2,4,7,10-12,14-15H2,1H3. The molecule has 0 N–H and O–H groups in total. The lowest BCUT2D eigenvalue weighted by molar-refractivity contribution is -0.137. The molecule has 0 aliphatic carbocycles. The van der Waals surface area contributed by atoms with Crippen LogP contribution in [0.25, 0.3) is 0 Å². The average molecular weight is 451 g/mol. The number of amides is 1. The van der Waals surface area contributed by atoms with Crippen LogP contribution in [0.1, 0.15) is 25.3 Å². The summed E-state index contributed by atoms with van der Waals surface area (Å²) >= 11 is 1.21. The van der Waals surface area contributed by atoms with Crippen molar-refractivity contribution in [2.24, 2.45) is 5.92 Å². The molecular formula is C21H26N2O5S2. The number of benzene rings is 1. The zero-order valence-electron chi connectivity index (χ0n) is 17.0. The van der Waals surface area contributed by atoms with Crippen molar-refractivity contribution in [1.82, 2.24) is 9.21 Å². The number of hydrogen-bond donors (Lipinski definition) is 0. The first-order valence-corrected chi connectivity index (χ1v) is 12.5. The van der Waals surface area contributed by atoms with Gasteiger partial charge in [-0.15, -0.1) is 11.3 Å². The minimum absolute atomic E-state index is 0.0158. The minimum atomic E-state index is -3.54.